The van der Waals surface area contributed by atoms with E-state index in [1.165, 1.54) is 7.11 Å². The van der Waals surface area contributed by atoms with E-state index in [9.17, 15) is 9.59 Å². The van der Waals surface area contributed by atoms with Crippen LogP contribution < -0.4 is 11.1 Å². The fourth-order valence-electron chi connectivity index (χ4n) is 4.34. The van der Waals surface area contributed by atoms with E-state index in [2.05, 4.69) is 29.6 Å². The highest BCUT2D eigenvalue weighted by Gasteiger charge is 2.46. The Hall–Kier alpha value is -3.90. The molecule has 162 valence electrons. The van der Waals surface area contributed by atoms with Crippen molar-refractivity contribution in [2.45, 2.75) is 11.6 Å². The fourth-order valence-corrected chi connectivity index (χ4v) is 4.34. The number of hydrogen-bond donors (Lipinski definition) is 2. The number of carbonyl (C=O) groups is 2. The molecule has 32 heavy (non-hydrogen) atoms. The Bertz CT molecular complexity index is 1110. The monoisotopic (exact) mass is 428 g/mol. The van der Waals surface area contributed by atoms with Crippen molar-refractivity contribution in [1.29, 1.82) is 0 Å². The summed E-state index contributed by atoms with van der Waals surface area (Å²) in [6, 6.07) is 25.5. The van der Waals surface area contributed by atoms with Gasteiger partial charge in [0.05, 0.1) is 12.6 Å². The van der Waals surface area contributed by atoms with Gasteiger partial charge in [0.2, 0.25) is 0 Å². The van der Waals surface area contributed by atoms with Gasteiger partial charge < -0.3 is 15.2 Å². The van der Waals surface area contributed by atoms with Crippen molar-refractivity contribution in [2.24, 2.45) is 5.73 Å². The molecule has 4 rings (SSSR count). The molecule has 1 aliphatic carbocycles. The quantitative estimate of drug-likeness (QED) is 0.442. The molecule has 3 aromatic carbocycles. The van der Waals surface area contributed by atoms with E-state index >= 15 is 0 Å². The third kappa shape index (κ3) is 3.76. The van der Waals surface area contributed by atoms with E-state index in [1.54, 1.807) is 12.2 Å². The maximum atomic E-state index is 12.8. The van der Waals surface area contributed by atoms with Crippen LogP contribution in [0.3, 0.4) is 0 Å². The smallest absolute Gasteiger partial charge is 0.404 e. The molecule has 0 aromatic heterocycles. The fraction of sp³-hybridized carbons (Fsp3) is 0.154. The summed E-state index contributed by atoms with van der Waals surface area (Å²) in [4.78, 5) is 23.6. The van der Waals surface area contributed by atoms with Crippen LogP contribution in [0.5, 0.6) is 0 Å². The number of benzene rings is 3. The molecular weight excluding hydrogens is 404 g/mol. The third-order valence-electron chi connectivity index (χ3n) is 5.64. The second kappa shape index (κ2) is 9.08. The molecular formula is C26H24N2O4. The van der Waals surface area contributed by atoms with Crippen molar-refractivity contribution in [3.8, 4) is 11.1 Å². The van der Waals surface area contributed by atoms with E-state index in [4.69, 9.17) is 15.2 Å². The van der Waals surface area contributed by atoms with Gasteiger partial charge in [0, 0.05) is 0 Å². The van der Waals surface area contributed by atoms with Gasteiger partial charge in [-0.05, 0) is 33.9 Å². The first-order valence-corrected chi connectivity index (χ1v) is 10.3. The minimum atomic E-state index is -0.878. The van der Waals surface area contributed by atoms with Crippen molar-refractivity contribution in [3.63, 3.8) is 0 Å². The highest BCUT2D eigenvalue weighted by Crippen LogP contribution is 2.51. The molecule has 0 heterocycles. The summed E-state index contributed by atoms with van der Waals surface area (Å²) in [5.41, 5.74) is 9.52. The van der Waals surface area contributed by atoms with Crippen molar-refractivity contribution in [3.05, 3.63) is 108 Å². The van der Waals surface area contributed by atoms with Gasteiger partial charge in [-0.3, -0.25) is 10.1 Å². The first-order chi connectivity index (χ1) is 15.6. The lowest BCUT2D eigenvalue weighted by Gasteiger charge is -2.36. The van der Waals surface area contributed by atoms with Crippen LogP contribution in [0.15, 0.2) is 91.0 Å². The maximum Gasteiger partial charge on any atom is 0.404 e. The molecule has 0 saturated heterocycles. The highest BCUT2D eigenvalue weighted by atomic mass is 16.5. The van der Waals surface area contributed by atoms with E-state index in [0.29, 0.717) is 0 Å². The first kappa shape index (κ1) is 21.3. The second-order valence-corrected chi connectivity index (χ2v) is 7.41. The van der Waals surface area contributed by atoms with E-state index < -0.39 is 23.6 Å². The van der Waals surface area contributed by atoms with Crippen LogP contribution in [0.4, 0.5) is 4.79 Å². The molecule has 1 amide bonds. The number of rotatable bonds is 7. The van der Waals surface area contributed by atoms with Crippen LogP contribution in [0.1, 0.15) is 16.7 Å². The molecule has 0 spiro atoms. The normalized spacial score (nSPS) is 14.4. The zero-order valence-electron chi connectivity index (χ0n) is 17.7. The molecule has 0 radical (unpaired) electrons. The van der Waals surface area contributed by atoms with Gasteiger partial charge in [0.25, 0.3) is 0 Å². The van der Waals surface area contributed by atoms with Gasteiger partial charge >= 0.3 is 12.1 Å². The Kier molecular flexibility index (Phi) is 6.05. The zero-order chi connectivity index (χ0) is 22.6. The average Bonchev–Trinajstić information content (AvgIpc) is 3.12. The minimum Gasteiger partial charge on any atom is -0.468 e. The number of amides is 1. The SMILES string of the molecule is COC(=O)[C@H](/C=C/COC(N)=O)NC1(c2ccccc2)c2ccccc2-c2ccccc21. The number of nitrogens with one attached hydrogen (secondary N) is 1. The van der Waals surface area contributed by atoms with Crippen LogP contribution in [0.2, 0.25) is 0 Å². The van der Waals surface area contributed by atoms with Gasteiger partial charge in [-0.2, -0.15) is 0 Å². The molecule has 3 N–H and O–H groups in total. The lowest BCUT2D eigenvalue weighted by Crippen LogP contribution is -2.51. The summed E-state index contributed by atoms with van der Waals surface area (Å²) < 4.78 is 9.84. The van der Waals surface area contributed by atoms with E-state index in [0.717, 1.165) is 27.8 Å². The van der Waals surface area contributed by atoms with E-state index in [-0.39, 0.29) is 6.61 Å². The molecule has 6 nitrogen and oxygen atoms in total. The van der Waals surface area contributed by atoms with Gasteiger partial charge in [0.15, 0.2) is 0 Å². The number of methoxy groups -OCH3 is 1. The van der Waals surface area contributed by atoms with Gasteiger partial charge in [-0.25, -0.2) is 4.79 Å². The number of nitrogens with two attached hydrogens (primary N) is 1. The molecule has 0 bridgehead atoms. The van der Waals surface area contributed by atoms with Crippen molar-refractivity contribution < 1.29 is 19.1 Å². The van der Waals surface area contributed by atoms with E-state index in [1.807, 2.05) is 54.6 Å². The van der Waals surface area contributed by atoms with Crippen molar-refractivity contribution in [1.82, 2.24) is 5.32 Å². The van der Waals surface area contributed by atoms with Gasteiger partial charge in [0.1, 0.15) is 12.6 Å². The molecule has 0 aliphatic heterocycles. The number of ether oxygens (including phenoxy) is 2. The third-order valence-corrected chi connectivity index (χ3v) is 5.64. The molecule has 6 heteroatoms. The highest BCUT2D eigenvalue weighted by molar-refractivity contribution is 5.85. The summed E-state index contributed by atoms with van der Waals surface area (Å²) in [6.45, 7) is -0.0456. The number of fused-ring (bicyclic) bond motifs is 3. The number of hydrogen-bond acceptors (Lipinski definition) is 5. The number of primary amides is 1. The number of esters is 1. The largest absolute Gasteiger partial charge is 0.468 e. The molecule has 1 aliphatic rings. The Labute approximate surface area is 186 Å². The Morgan fingerprint density at radius 1 is 0.938 bits per heavy atom. The van der Waals surface area contributed by atoms with Crippen LogP contribution in [0.25, 0.3) is 11.1 Å². The summed E-state index contributed by atoms with van der Waals surface area (Å²) >= 11 is 0. The molecule has 0 fully saturated rings. The Balaban J connectivity index is 1.87. The molecule has 1 atom stereocenters. The summed E-state index contributed by atoms with van der Waals surface area (Å²) in [5.74, 6) is -0.461. The Morgan fingerprint density at radius 2 is 1.50 bits per heavy atom. The molecule has 0 unspecified atom stereocenters. The van der Waals surface area contributed by atoms with Crippen molar-refractivity contribution in [2.75, 3.05) is 13.7 Å². The lowest BCUT2D eigenvalue weighted by molar-refractivity contribution is -0.142. The van der Waals surface area contributed by atoms with Gasteiger partial charge in [-0.15, -0.1) is 0 Å². The zero-order valence-corrected chi connectivity index (χ0v) is 17.7. The van der Waals surface area contributed by atoms with Crippen LogP contribution >= 0.6 is 0 Å². The standard InChI is InChI=1S/C26H24N2O4/c1-31-24(29)23(16-9-17-32-25(27)30)28-26(18-10-3-2-4-11-18)21-14-7-5-12-19(21)20-13-6-8-15-22(20)26/h2-16,23,28H,17H2,1H3,(H2,27,30)/b16-9+/t23-/m0/s1. The van der Waals surface area contributed by atoms with Crippen molar-refractivity contribution >= 4 is 12.1 Å². The lowest BCUT2D eigenvalue weighted by atomic mass is 9.80. The average molecular weight is 428 g/mol. The summed E-state index contributed by atoms with van der Waals surface area (Å²) in [5, 5.41) is 3.56. The van der Waals surface area contributed by atoms with Crippen LogP contribution in [0, 0.1) is 0 Å². The molecule has 3 aromatic rings. The topological polar surface area (TPSA) is 90.7 Å². The molecule has 0 saturated carbocycles. The second-order valence-electron chi connectivity index (χ2n) is 7.41. The van der Waals surface area contributed by atoms with Gasteiger partial charge in [-0.1, -0.05) is 84.9 Å². The Morgan fingerprint density at radius 3 is 2.06 bits per heavy atom. The van der Waals surface area contributed by atoms with Crippen LogP contribution in [-0.2, 0) is 19.8 Å². The van der Waals surface area contributed by atoms with Crippen LogP contribution in [-0.4, -0.2) is 31.8 Å². The number of carbonyl (C=O) groups excluding carboxylic acids is 2. The summed E-state index contributed by atoms with van der Waals surface area (Å²) in [7, 11) is 1.34. The first-order valence-electron chi connectivity index (χ1n) is 10.3. The predicted octanol–water partition coefficient (Wildman–Crippen LogP) is 3.74. The summed E-state index contributed by atoms with van der Waals surface area (Å²) in [6.07, 6.45) is 2.32. The predicted molar refractivity (Wildman–Crippen MR) is 122 cm³/mol. The minimum absolute atomic E-state index is 0.0456. The maximum absolute atomic E-state index is 12.8.